The van der Waals surface area contributed by atoms with Gasteiger partial charge in [-0.25, -0.2) is 0 Å². The zero-order valence-electron chi connectivity index (χ0n) is 32.2. The second kappa shape index (κ2) is 38.1. The van der Waals surface area contributed by atoms with E-state index in [4.69, 9.17) is 9.47 Å². The van der Waals surface area contributed by atoms with E-state index < -0.39 is 0 Å². The minimum absolute atomic E-state index is 0.0791. The summed E-state index contributed by atoms with van der Waals surface area (Å²) in [5.74, 6) is 2.27. The fourth-order valence-electron chi connectivity index (χ4n) is 6.45. The lowest BCUT2D eigenvalue weighted by Crippen LogP contribution is -2.16. The Bertz CT molecular complexity index is 655. The number of ether oxygens (including phenoxy) is 2. The molecule has 0 N–H and O–H groups in total. The van der Waals surface area contributed by atoms with Crippen molar-refractivity contribution in [3.8, 4) is 0 Å². The highest BCUT2D eigenvalue weighted by Crippen LogP contribution is 2.22. The highest BCUT2D eigenvalue weighted by molar-refractivity contribution is 7.99. The van der Waals surface area contributed by atoms with E-state index in [-0.39, 0.29) is 11.9 Å². The van der Waals surface area contributed by atoms with Crippen LogP contribution < -0.4 is 0 Å². The quantitative estimate of drug-likeness (QED) is 0.0479. The van der Waals surface area contributed by atoms with Crippen molar-refractivity contribution < 1.29 is 19.1 Å². The fourth-order valence-corrected chi connectivity index (χ4v) is 7.28. The molecule has 0 aromatic carbocycles. The largest absolute Gasteiger partial charge is 0.465 e. The molecule has 280 valence electrons. The fraction of sp³-hybridized carbons (Fsp3) is 0.952. The number of esters is 2. The molecule has 0 rings (SSSR count). The molecule has 0 spiro atoms. The molecule has 4 nitrogen and oxygen atoms in total. The van der Waals surface area contributed by atoms with E-state index in [1.54, 1.807) is 11.8 Å². The first-order valence-corrected chi connectivity index (χ1v) is 22.1. The van der Waals surface area contributed by atoms with Crippen LogP contribution in [-0.4, -0.2) is 36.7 Å². The predicted molar refractivity (Wildman–Crippen MR) is 207 cm³/mol. The van der Waals surface area contributed by atoms with Crippen molar-refractivity contribution >= 4 is 23.7 Å². The molecular formula is C42H82O4S. The van der Waals surface area contributed by atoms with E-state index >= 15 is 0 Å². The van der Waals surface area contributed by atoms with Crippen LogP contribution in [0.1, 0.15) is 220 Å². The molecule has 0 saturated heterocycles. The molecule has 0 aromatic rings. The molecule has 47 heavy (non-hydrogen) atoms. The zero-order chi connectivity index (χ0) is 34.5. The van der Waals surface area contributed by atoms with Crippen LogP contribution in [0.15, 0.2) is 0 Å². The van der Waals surface area contributed by atoms with Gasteiger partial charge in [0.1, 0.15) is 0 Å². The third-order valence-corrected chi connectivity index (χ3v) is 10.7. The summed E-state index contributed by atoms with van der Waals surface area (Å²) in [4.78, 5) is 25.0. The van der Waals surface area contributed by atoms with Gasteiger partial charge in [0.05, 0.1) is 26.1 Å². The molecule has 0 aliphatic rings. The Morgan fingerprint density at radius 2 is 0.660 bits per heavy atom. The highest BCUT2D eigenvalue weighted by Gasteiger charge is 2.14. The van der Waals surface area contributed by atoms with Gasteiger partial charge in [0.15, 0.2) is 0 Å². The number of unbranched alkanes of at least 4 members (excludes halogenated alkanes) is 20. The van der Waals surface area contributed by atoms with Gasteiger partial charge in [-0.3, -0.25) is 9.59 Å². The number of rotatable bonds is 38. The maximum atomic E-state index is 12.5. The molecule has 5 heteroatoms. The van der Waals surface area contributed by atoms with E-state index in [1.807, 2.05) is 0 Å². The lowest BCUT2D eigenvalue weighted by molar-refractivity contribution is -0.145. The molecule has 2 atom stereocenters. The lowest BCUT2D eigenvalue weighted by atomic mass is 9.94. The van der Waals surface area contributed by atoms with Crippen LogP contribution in [0.25, 0.3) is 0 Å². The van der Waals surface area contributed by atoms with Crippen LogP contribution in [-0.2, 0) is 19.1 Å². The summed E-state index contributed by atoms with van der Waals surface area (Å²) >= 11 is 1.67. The summed E-state index contributed by atoms with van der Waals surface area (Å²) in [7, 11) is 0. The van der Waals surface area contributed by atoms with Gasteiger partial charge in [0.2, 0.25) is 0 Å². The SMILES string of the molecule is CCCCCCCCCCC(CCCCCCCC)COC(=O)CCSCCC(=O)OCC(CCCCCC)CCCCCCCC. The summed E-state index contributed by atoms with van der Waals surface area (Å²) in [5, 5.41) is 0. The van der Waals surface area contributed by atoms with Gasteiger partial charge in [-0.05, 0) is 37.5 Å². The van der Waals surface area contributed by atoms with Crippen molar-refractivity contribution in [2.75, 3.05) is 24.7 Å². The summed E-state index contributed by atoms with van der Waals surface area (Å²) in [5.41, 5.74) is 0. The van der Waals surface area contributed by atoms with E-state index in [0.717, 1.165) is 0 Å². The van der Waals surface area contributed by atoms with Crippen LogP contribution >= 0.6 is 11.8 Å². The number of hydrogen-bond donors (Lipinski definition) is 0. The molecule has 0 aromatic heterocycles. The minimum atomic E-state index is -0.0833. The summed E-state index contributed by atoms with van der Waals surface area (Å²) in [6, 6.07) is 0. The Hall–Kier alpha value is -0.710. The molecule has 0 amide bonds. The molecule has 2 unspecified atom stereocenters. The standard InChI is InChI=1S/C42H82O4S/c1-5-9-13-17-20-21-24-28-32-40(31-27-23-19-15-11-7-3)38-46-42(44)34-36-47-35-33-41(43)45-37-39(29-25-16-12-8-4)30-26-22-18-14-10-6-2/h39-40H,5-38H2,1-4H3. The maximum Gasteiger partial charge on any atom is 0.306 e. The van der Waals surface area contributed by atoms with Crippen LogP contribution in [0.4, 0.5) is 0 Å². The first-order chi connectivity index (χ1) is 23.1. The van der Waals surface area contributed by atoms with Crippen LogP contribution in [0.3, 0.4) is 0 Å². The number of thioether (sulfide) groups is 1. The van der Waals surface area contributed by atoms with Crippen molar-refractivity contribution in [2.45, 2.75) is 220 Å². The number of carbonyl (C=O) groups excluding carboxylic acids is 2. The second-order valence-corrected chi connectivity index (χ2v) is 15.7. The van der Waals surface area contributed by atoms with Crippen molar-refractivity contribution in [3.63, 3.8) is 0 Å². The Kier molecular flexibility index (Phi) is 37.5. The zero-order valence-corrected chi connectivity index (χ0v) is 33.1. The Balaban J connectivity index is 4.24. The van der Waals surface area contributed by atoms with Crippen molar-refractivity contribution in [1.82, 2.24) is 0 Å². The van der Waals surface area contributed by atoms with Crippen molar-refractivity contribution in [1.29, 1.82) is 0 Å². The Morgan fingerprint density at radius 1 is 0.404 bits per heavy atom. The topological polar surface area (TPSA) is 52.6 Å². The number of hydrogen-bond acceptors (Lipinski definition) is 5. The van der Waals surface area contributed by atoms with Crippen molar-refractivity contribution in [3.05, 3.63) is 0 Å². The monoisotopic (exact) mass is 683 g/mol. The van der Waals surface area contributed by atoms with Gasteiger partial charge >= 0.3 is 11.9 Å². The highest BCUT2D eigenvalue weighted by atomic mass is 32.2. The van der Waals surface area contributed by atoms with Gasteiger partial charge in [-0.15, -0.1) is 0 Å². The van der Waals surface area contributed by atoms with E-state index in [9.17, 15) is 9.59 Å². The third-order valence-electron chi connectivity index (χ3n) is 9.72. The van der Waals surface area contributed by atoms with E-state index in [0.29, 0.717) is 49.4 Å². The maximum absolute atomic E-state index is 12.5. The first kappa shape index (κ1) is 46.3. The lowest BCUT2D eigenvalue weighted by Gasteiger charge is -2.17. The summed E-state index contributed by atoms with van der Waals surface area (Å²) in [6.07, 6.45) is 37.2. The second-order valence-electron chi connectivity index (χ2n) is 14.4. The average Bonchev–Trinajstić information content (AvgIpc) is 3.07. The molecule has 0 aliphatic heterocycles. The van der Waals surface area contributed by atoms with Gasteiger partial charge < -0.3 is 9.47 Å². The van der Waals surface area contributed by atoms with Gasteiger partial charge in [0, 0.05) is 11.5 Å². The van der Waals surface area contributed by atoms with E-state index in [2.05, 4.69) is 27.7 Å². The van der Waals surface area contributed by atoms with Gasteiger partial charge in [0.25, 0.3) is 0 Å². The third kappa shape index (κ3) is 34.9. The normalized spacial score (nSPS) is 12.7. The smallest absolute Gasteiger partial charge is 0.306 e. The van der Waals surface area contributed by atoms with Crippen LogP contribution in [0, 0.1) is 11.8 Å². The predicted octanol–water partition coefficient (Wildman–Crippen LogP) is 13.8. The average molecular weight is 683 g/mol. The van der Waals surface area contributed by atoms with Crippen molar-refractivity contribution in [2.24, 2.45) is 11.8 Å². The first-order valence-electron chi connectivity index (χ1n) is 21.0. The van der Waals surface area contributed by atoms with Gasteiger partial charge in [-0.2, -0.15) is 11.8 Å². The summed E-state index contributed by atoms with van der Waals surface area (Å²) in [6.45, 7) is 10.2. The molecule has 0 bridgehead atoms. The molecule has 0 radical (unpaired) electrons. The Labute approximate surface area is 298 Å². The Morgan fingerprint density at radius 3 is 0.957 bits per heavy atom. The van der Waals surface area contributed by atoms with Crippen LogP contribution in [0.5, 0.6) is 0 Å². The van der Waals surface area contributed by atoms with E-state index in [1.165, 1.54) is 180 Å². The molecule has 0 fully saturated rings. The molecule has 0 aliphatic carbocycles. The number of carbonyl (C=O) groups is 2. The molecule has 0 heterocycles. The minimum Gasteiger partial charge on any atom is -0.465 e. The molecule has 0 saturated carbocycles. The van der Waals surface area contributed by atoms with Crippen LogP contribution in [0.2, 0.25) is 0 Å². The van der Waals surface area contributed by atoms with Gasteiger partial charge in [-0.1, -0.05) is 182 Å². The summed E-state index contributed by atoms with van der Waals surface area (Å²) < 4.78 is 11.5. The molecular weight excluding hydrogens is 601 g/mol.